The van der Waals surface area contributed by atoms with Crippen LogP contribution < -0.4 is 0 Å². The van der Waals surface area contributed by atoms with Gasteiger partial charge < -0.3 is 4.74 Å². The van der Waals surface area contributed by atoms with Gasteiger partial charge in [0.2, 0.25) is 0 Å². The van der Waals surface area contributed by atoms with Gasteiger partial charge in [-0.25, -0.2) is 8.42 Å². The fourth-order valence-electron chi connectivity index (χ4n) is 1.54. The second-order valence-electron chi connectivity index (χ2n) is 4.47. The number of ether oxygens (including phenoxy) is 1. The van der Waals surface area contributed by atoms with Crippen molar-refractivity contribution >= 4 is 33.3 Å². The minimum Gasteiger partial charge on any atom is -0.455 e. The first kappa shape index (κ1) is 22.0. The SMILES string of the molecule is O=C(CS(=O)(=O)c1ccc(SC(F)(F)F)cc1[N+](=O)[O-])OCC(F)(F)F. The maximum atomic E-state index is 12.3. The van der Waals surface area contributed by atoms with Crippen LogP contribution in [0.15, 0.2) is 28.0 Å². The molecule has 1 aromatic carbocycles. The van der Waals surface area contributed by atoms with Gasteiger partial charge in [0, 0.05) is 11.0 Å². The first-order chi connectivity index (χ1) is 11.6. The summed E-state index contributed by atoms with van der Waals surface area (Å²) < 4.78 is 100. The molecule has 0 aromatic heterocycles. The Bertz CT molecular complexity index is 804. The molecule has 26 heavy (non-hydrogen) atoms. The molecule has 0 aliphatic heterocycles. The van der Waals surface area contributed by atoms with Crippen molar-refractivity contribution in [3.05, 3.63) is 28.3 Å². The number of rotatable bonds is 6. The highest BCUT2D eigenvalue weighted by atomic mass is 32.2. The van der Waals surface area contributed by atoms with Crippen LogP contribution in [-0.2, 0) is 19.4 Å². The topological polar surface area (TPSA) is 104 Å². The molecule has 1 aromatic rings. The normalized spacial score (nSPS) is 12.7. The summed E-state index contributed by atoms with van der Waals surface area (Å²) in [6, 6.07) is 1.39. The molecule has 0 aliphatic carbocycles. The number of benzene rings is 1. The van der Waals surface area contributed by atoms with Crippen molar-refractivity contribution in [2.45, 2.75) is 21.5 Å². The van der Waals surface area contributed by atoms with Crippen LogP contribution in [0.5, 0.6) is 0 Å². The molecule has 0 fully saturated rings. The zero-order valence-electron chi connectivity index (χ0n) is 12.1. The van der Waals surface area contributed by atoms with Crippen LogP contribution in [0.25, 0.3) is 0 Å². The number of hydrogen-bond donors (Lipinski definition) is 0. The summed E-state index contributed by atoms with van der Waals surface area (Å²) in [7, 11) is -4.84. The summed E-state index contributed by atoms with van der Waals surface area (Å²) in [6.45, 7) is -2.06. The number of halogens is 6. The van der Waals surface area contributed by atoms with Crippen LogP contribution in [0.4, 0.5) is 32.0 Å². The molecule has 146 valence electrons. The predicted molar refractivity (Wildman–Crippen MR) is 74.1 cm³/mol. The molecule has 0 unspecified atom stereocenters. The largest absolute Gasteiger partial charge is 0.455 e. The van der Waals surface area contributed by atoms with Crippen molar-refractivity contribution in [2.24, 2.45) is 0 Å². The Balaban J connectivity index is 3.12. The second kappa shape index (κ2) is 7.69. The van der Waals surface area contributed by atoms with Crippen molar-refractivity contribution in [1.29, 1.82) is 0 Å². The van der Waals surface area contributed by atoms with E-state index >= 15 is 0 Å². The standard InChI is InChI=1S/C11H7F6NO6S2/c12-10(13,14)5-24-9(19)4-26(22,23)8-2-1-6(25-11(15,16)17)3-7(8)18(20)21/h1-3H,4-5H2. The first-order valence-electron chi connectivity index (χ1n) is 6.10. The van der Waals surface area contributed by atoms with E-state index in [2.05, 4.69) is 4.74 Å². The Morgan fingerprint density at radius 1 is 1.19 bits per heavy atom. The summed E-state index contributed by atoms with van der Waals surface area (Å²) in [4.78, 5) is 19.0. The number of nitro benzene ring substituents is 1. The number of alkyl halides is 6. The summed E-state index contributed by atoms with van der Waals surface area (Å²) >= 11 is -0.739. The van der Waals surface area contributed by atoms with Crippen LogP contribution in [0.3, 0.4) is 0 Å². The summed E-state index contributed by atoms with van der Waals surface area (Å²) in [5, 5.41) is 10.9. The molecule has 0 saturated carbocycles. The van der Waals surface area contributed by atoms with E-state index in [4.69, 9.17) is 0 Å². The van der Waals surface area contributed by atoms with Crippen molar-refractivity contribution in [3.63, 3.8) is 0 Å². The number of esters is 1. The van der Waals surface area contributed by atoms with Gasteiger partial charge in [-0.1, -0.05) is 0 Å². The average molecular weight is 427 g/mol. The Hall–Kier alpha value is -2.03. The number of sulfone groups is 1. The second-order valence-corrected chi connectivity index (χ2v) is 7.57. The van der Waals surface area contributed by atoms with Gasteiger partial charge in [-0.3, -0.25) is 14.9 Å². The maximum absolute atomic E-state index is 12.3. The molecule has 0 bridgehead atoms. The van der Waals surface area contributed by atoms with Crippen molar-refractivity contribution in [1.82, 2.24) is 0 Å². The van der Waals surface area contributed by atoms with Crippen molar-refractivity contribution in [3.8, 4) is 0 Å². The lowest BCUT2D eigenvalue weighted by molar-refractivity contribution is -0.388. The molecule has 0 spiro atoms. The zero-order chi connectivity index (χ0) is 20.3. The Labute approximate surface area is 145 Å². The molecule has 0 atom stereocenters. The van der Waals surface area contributed by atoms with E-state index in [0.717, 1.165) is 0 Å². The fourth-order valence-corrected chi connectivity index (χ4v) is 3.39. The number of carbonyl (C=O) groups is 1. The van der Waals surface area contributed by atoms with Gasteiger partial charge in [0.15, 0.2) is 22.2 Å². The van der Waals surface area contributed by atoms with E-state index in [1.165, 1.54) is 0 Å². The smallest absolute Gasteiger partial charge is 0.446 e. The van der Waals surface area contributed by atoms with Crippen LogP contribution >= 0.6 is 11.8 Å². The number of carbonyl (C=O) groups excluding carboxylic acids is 1. The molecule has 0 aliphatic rings. The fraction of sp³-hybridized carbons (Fsp3) is 0.364. The lowest BCUT2D eigenvalue weighted by Gasteiger charge is -2.10. The molecule has 0 radical (unpaired) electrons. The molecule has 15 heteroatoms. The minimum atomic E-state index is -4.91. The summed E-state index contributed by atoms with van der Waals surface area (Å²) in [5.74, 6) is -3.49. The highest BCUT2D eigenvalue weighted by Gasteiger charge is 2.34. The number of hydrogen-bond acceptors (Lipinski definition) is 7. The molecular formula is C11H7F6NO6S2. The summed E-state index contributed by atoms with van der Waals surface area (Å²) in [6.07, 6.45) is -4.91. The lowest BCUT2D eigenvalue weighted by Crippen LogP contribution is -2.25. The quantitative estimate of drug-likeness (QED) is 0.226. The van der Waals surface area contributed by atoms with Crippen LogP contribution in [0.2, 0.25) is 0 Å². The summed E-state index contributed by atoms with van der Waals surface area (Å²) in [5.41, 5.74) is -6.06. The Morgan fingerprint density at radius 3 is 2.23 bits per heavy atom. The van der Waals surface area contributed by atoms with Gasteiger partial charge in [-0.15, -0.1) is 0 Å². The van der Waals surface area contributed by atoms with Crippen LogP contribution in [-0.4, -0.2) is 43.4 Å². The van der Waals surface area contributed by atoms with Gasteiger partial charge in [0.05, 0.1) is 4.92 Å². The van der Waals surface area contributed by atoms with Gasteiger partial charge >= 0.3 is 17.7 Å². The minimum absolute atomic E-state index is 0.325. The van der Waals surface area contributed by atoms with Gasteiger partial charge in [0.25, 0.3) is 5.69 Å². The van der Waals surface area contributed by atoms with Gasteiger partial charge in [-0.2, -0.15) is 26.3 Å². The van der Waals surface area contributed by atoms with E-state index in [0.29, 0.717) is 18.2 Å². The molecule has 0 N–H and O–H groups in total. The molecule has 0 saturated heterocycles. The van der Waals surface area contributed by atoms with Gasteiger partial charge in [0.1, 0.15) is 4.90 Å². The molecule has 7 nitrogen and oxygen atoms in total. The van der Waals surface area contributed by atoms with Crippen LogP contribution in [0.1, 0.15) is 0 Å². The average Bonchev–Trinajstić information content (AvgIpc) is 2.42. The third kappa shape index (κ3) is 7.07. The Kier molecular flexibility index (Phi) is 6.51. The van der Waals surface area contributed by atoms with Crippen LogP contribution in [0, 0.1) is 10.1 Å². The number of thioether (sulfide) groups is 1. The monoisotopic (exact) mass is 427 g/mol. The Morgan fingerprint density at radius 2 is 1.77 bits per heavy atom. The van der Waals surface area contributed by atoms with Gasteiger partial charge in [-0.05, 0) is 23.9 Å². The predicted octanol–water partition coefficient (Wildman–Crippen LogP) is 3.09. The van der Waals surface area contributed by atoms with E-state index in [1.807, 2.05) is 0 Å². The molecule has 0 amide bonds. The molecule has 0 heterocycles. The first-order valence-corrected chi connectivity index (χ1v) is 8.57. The lowest BCUT2D eigenvalue weighted by atomic mass is 10.3. The zero-order valence-corrected chi connectivity index (χ0v) is 13.8. The van der Waals surface area contributed by atoms with Crippen molar-refractivity contribution in [2.75, 3.05) is 12.4 Å². The van der Waals surface area contributed by atoms with Crippen molar-refractivity contribution < 1.29 is 49.2 Å². The third-order valence-electron chi connectivity index (χ3n) is 2.40. The van der Waals surface area contributed by atoms with E-state index < -0.39 is 72.0 Å². The highest BCUT2D eigenvalue weighted by molar-refractivity contribution is 8.00. The number of nitro groups is 1. The van der Waals surface area contributed by atoms with E-state index in [9.17, 15) is 49.7 Å². The third-order valence-corrected chi connectivity index (χ3v) is 4.75. The molecule has 1 rings (SSSR count). The van der Waals surface area contributed by atoms with E-state index in [-0.39, 0.29) is 0 Å². The number of nitrogens with zero attached hydrogens (tertiary/aromatic N) is 1. The molecular weight excluding hydrogens is 420 g/mol. The van der Waals surface area contributed by atoms with E-state index in [1.54, 1.807) is 0 Å². The highest BCUT2D eigenvalue weighted by Crippen LogP contribution is 2.39. The maximum Gasteiger partial charge on any atom is 0.446 e.